The minimum Gasteiger partial charge on any atom is -0.395 e. The second-order valence-corrected chi connectivity index (χ2v) is 5.24. The maximum Gasteiger partial charge on any atom is 0.264 e. The molecule has 1 saturated heterocycles. The lowest BCUT2D eigenvalue weighted by Gasteiger charge is -2.25. The van der Waals surface area contributed by atoms with Gasteiger partial charge in [0.1, 0.15) is 0 Å². The molecule has 0 aliphatic carbocycles. The highest BCUT2D eigenvalue weighted by molar-refractivity contribution is 7.85. The molecule has 0 aromatic rings. The molecule has 1 heterocycles. The minimum atomic E-state index is -3.66. The smallest absolute Gasteiger partial charge is 0.264 e. The third kappa shape index (κ3) is 10.1. The van der Waals surface area contributed by atoms with Gasteiger partial charge < -0.3 is 10.0 Å². The zero-order valence-corrected chi connectivity index (χ0v) is 10.0. The highest BCUT2D eigenvalue weighted by atomic mass is 32.2. The van der Waals surface area contributed by atoms with E-state index in [1.807, 2.05) is 0 Å². The van der Waals surface area contributed by atoms with Crippen molar-refractivity contribution in [3.63, 3.8) is 0 Å². The van der Waals surface area contributed by atoms with Gasteiger partial charge in [-0.3, -0.25) is 4.55 Å². The van der Waals surface area contributed by atoms with E-state index in [-0.39, 0.29) is 5.75 Å². The van der Waals surface area contributed by atoms with Gasteiger partial charge in [-0.2, -0.15) is 8.42 Å². The second kappa shape index (κ2) is 8.04. The zero-order valence-electron chi connectivity index (χ0n) is 9.22. The molecule has 0 amide bonds. The quantitative estimate of drug-likeness (QED) is 0.695. The van der Waals surface area contributed by atoms with E-state index in [1.54, 1.807) is 0 Å². The molecule has 0 atom stereocenters. The zero-order chi connectivity index (χ0) is 11.7. The lowest BCUT2D eigenvalue weighted by atomic mass is 10.1. The number of hydrogen-bond donors (Lipinski definition) is 2. The summed E-state index contributed by atoms with van der Waals surface area (Å²) in [6, 6.07) is 0. The topological polar surface area (TPSA) is 77.8 Å². The predicted octanol–water partition coefficient (Wildman–Crippen LogP) is 0.359. The average Bonchev–Trinajstić information content (AvgIpc) is 2.20. The summed E-state index contributed by atoms with van der Waals surface area (Å²) < 4.78 is 26.9. The van der Waals surface area contributed by atoms with Gasteiger partial charge in [0, 0.05) is 6.54 Å². The van der Waals surface area contributed by atoms with Crippen molar-refractivity contribution in [3.05, 3.63) is 0 Å². The van der Waals surface area contributed by atoms with E-state index in [0.717, 1.165) is 6.54 Å². The van der Waals surface area contributed by atoms with E-state index in [0.29, 0.717) is 6.61 Å². The van der Waals surface area contributed by atoms with E-state index in [4.69, 9.17) is 9.66 Å². The van der Waals surface area contributed by atoms with Crippen LogP contribution in [0.3, 0.4) is 0 Å². The Hall–Kier alpha value is -0.170. The first-order valence-electron chi connectivity index (χ1n) is 5.28. The van der Waals surface area contributed by atoms with Crippen molar-refractivity contribution in [1.82, 2.24) is 4.90 Å². The van der Waals surface area contributed by atoms with Crippen molar-refractivity contribution in [1.29, 1.82) is 0 Å². The van der Waals surface area contributed by atoms with Crippen LogP contribution in [0.5, 0.6) is 0 Å². The van der Waals surface area contributed by atoms with Crippen LogP contribution in [0, 0.1) is 0 Å². The summed E-state index contributed by atoms with van der Waals surface area (Å²) in [5.41, 5.74) is 0. The van der Waals surface area contributed by atoms with Crippen LogP contribution in [0.1, 0.15) is 26.2 Å². The van der Waals surface area contributed by atoms with Crippen molar-refractivity contribution in [2.75, 3.05) is 32.0 Å². The van der Waals surface area contributed by atoms with Gasteiger partial charge in [-0.25, -0.2) is 0 Å². The van der Waals surface area contributed by atoms with Crippen molar-refractivity contribution in [2.24, 2.45) is 0 Å². The standard InChI is InChI=1S/C7H15NO.C2H6O3S/c9-7-6-8-4-2-1-3-5-8;1-2-6(3,4)5/h9H,1-7H2;2H2,1H3,(H,3,4,5). The predicted molar refractivity (Wildman–Crippen MR) is 59.5 cm³/mol. The first-order valence-corrected chi connectivity index (χ1v) is 6.89. The summed E-state index contributed by atoms with van der Waals surface area (Å²) >= 11 is 0. The van der Waals surface area contributed by atoms with Crippen molar-refractivity contribution >= 4 is 10.1 Å². The van der Waals surface area contributed by atoms with Gasteiger partial charge >= 0.3 is 0 Å². The molecule has 5 nitrogen and oxygen atoms in total. The summed E-state index contributed by atoms with van der Waals surface area (Å²) in [4.78, 5) is 2.32. The van der Waals surface area contributed by atoms with Crippen LogP contribution in [0.2, 0.25) is 0 Å². The van der Waals surface area contributed by atoms with Crippen LogP contribution in [0.25, 0.3) is 0 Å². The fourth-order valence-electron chi connectivity index (χ4n) is 1.32. The first-order chi connectivity index (χ1) is 6.99. The lowest BCUT2D eigenvalue weighted by molar-refractivity contribution is 0.173. The average molecular weight is 239 g/mol. The number of likely N-dealkylation sites (tertiary alicyclic amines) is 1. The highest BCUT2D eigenvalue weighted by Crippen LogP contribution is 2.06. The fourth-order valence-corrected chi connectivity index (χ4v) is 1.32. The van der Waals surface area contributed by atoms with Gasteiger partial charge in [-0.15, -0.1) is 0 Å². The Morgan fingerprint density at radius 2 is 1.67 bits per heavy atom. The molecular formula is C9H21NO4S. The maximum absolute atomic E-state index is 9.56. The minimum absolute atomic E-state index is 0.201. The van der Waals surface area contributed by atoms with E-state index in [1.165, 1.54) is 39.3 Å². The summed E-state index contributed by atoms with van der Waals surface area (Å²) in [7, 11) is -3.66. The SMILES string of the molecule is CCS(=O)(=O)O.OCCN1CCCCC1. The molecule has 6 heteroatoms. The van der Waals surface area contributed by atoms with Crippen LogP contribution in [-0.2, 0) is 10.1 Å². The fraction of sp³-hybridized carbons (Fsp3) is 1.00. The third-order valence-electron chi connectivity index (χ3n) is 2.23. The van der Waals surface area contributed by atoms with Gasteiger partial charge in [0.15, 0.2) is 0 Å². The van der Waals surface area contributed by atoms with Crippen LogP contribution < -0.4 is 0 Å². The van der Waals surface area contributed by atoms with Crippen LogP contribution >= 0.6 is 0 Å². The molecule has 0 aromatic carbocycles. The number of piperidine rings is 1. The van der Waals surface area contributed by atoms with Crippen molar-refractivity contribution in [3.8, 4) is 0 Å². The Kier molecular flexibility index (Phi) is 7.95. The molecule has 1 aliphatic rings. The number of hydrogen-bond acceptors (Lipinski definition) is 4. The molecule has 0 radical (unpaired) electrons. The molecule has 0 saturated carbocycles. The number of aliphatic hydroxyl groups excluding tert-OH is 1. The molecule has 0 unspecified atom stereocenters. The van der Waals surface area contributed by atoms with Crippen LogP contribution in [0.4, 0.5) is 0 Å². The van der Waals surface area contributed by atoms with Gasteiger partial charge in [-0.1, -0.05) is 6.42 Å². The number of aliphatic hydroxyl groups is 1. The van der Waals surface area contributed by atoms with E-state index >= 15 is 0 Å². The molecule has 1 aliphatic heterocycles. The molecule has 0 aromatic heterocycles. The second-order valence-electron chi connectivity index (χ2n) is 3.50. The van der Waals surface area contributed by atoms with E-state index < -0.39 is 10.1 Å². The normalized spacial score (nSPS) is 18.1. The molecule has 15 heavy (non-hydrogen) atoms. The van der Waals surface area contributed by atoms with Crippen LogP contribution in [0.15, 0.2) is 0 Å². The van der Waals surface area contributed by atoms with Gasteiger partial charge in [-0.05, 0) is 32.9 Å². The summed E-state index contributed by atoms with van der Waals surface area (Å²) in [5.74, 6) is -0.201. The molecule has 2 N–H and O–H groups in total. The lowest BCUT2D eigenvalue weighted by Crippen LogP contribution is -2.31. The summed E-state index contributed by atoms with van der Waals surface area (Å²) in [6.45, 7) is 4.95. The maximum atomic E-state index is 9.56. The molecule has 92 valence electrons. The van der Waals surface area contributed by atoms with Crippen LogP contribution in [-0.4, -0.2) is 55.0 Å². The largest absolute Gasteiger partial charge is 0.395 e. The number of rotatable bonds is 3. The molecular weight excluding hydrogens is 218 g/mol. The van der Waals surface area contributed by atoms with Crippen molar-refractivity contribution < 1.29 is 18.1 Å². The Bertz CT molecular complexity index is 232. The Morgan fingerprint density at radius 1 is 1.20 bits per heavy atom. The van der Waals surface area contributed by atoms with Gasteiger partial charge in [0.05, 0.1) is 12.4 Å². The molecule has 1 rings (SSSR count). The molecule has 1 fully saturated rings. The summed E-state index contributed by atoms with van der Waals surface area (Å²) in [6.07, 6.45) is 4.02. The monoisotopic (exact) mass is 239 g/mol. The molecule has 0 spiro atoms. The van der Waals surface area contributed by atoms with E-state index in [2.05, 4.69) is 4.90 Å². The highest BCUT2D eigenvalue weighted by Gasteiger charge is 2.07. The van der Waals surface area contributed by atoms with Gasteiger partial charge in [0.25, 0.3) is 10.1 Å². The Balaban J connectivity index is 0.000000288. The van der Waals surface area contributed by atoms with Gasteiger partial charge in [0.2, 0.25) is 0 Å². The number of nitrogens with zero attached hydrogens (tertiary/aromatic N) is 1. The summed E-state index contributed by atoms with van der Waals surface area (Å²) in [5, 5.41) is 8.58. The van der Waals surface area contributed by atoms with Crippen molar-refractivity contribution in [2.45, 2.75) is 26.2 Å². The first kappa shape index (κ1) is 14.8. The number of β-amino-alcohol motifs (C(OH)–C–C–N with tert-alkyl or cyclic N) is 1. The molecule has 0 bridgehead atoms. The van der Waals surface area contributed by atoms with E-state index in [9.17, 15) is 8.42 Å². The third-order valence-corrected chi connectivity index (χ3v) is 2.96. The Labute approximate surface area is 91.8 Å². The Morgan fingerprint density at radius 3 is 2.00 bits per heavy atom.